The van der Waals surface area contributed by atoms with Gasteiger partial charge in [-0.25, -0.2) is 0 Å². The molecule has 1 N–H and O–H groups in total. The second kappa shape index (κ2) is 2.48. The lowest BCUT2D eigenvalue weighted by atomic mass is 10.4. The Morgan fingerprint density at radius 3 is 2.10 bits per heavy atom. The van der Waals surface area contributed by atoms with Gasteiger partial charge < -0.3 is 0 Å². The molecule has 56 valence electrons. The first-order valence-electron chi connectivity index (χ1n) is 2.69. The molecule has 0 unspecified atom stereocenters. The second-order valence-electron chi connectivity index (χ2n) is 1.84. The third-order valence-electron chi connectivity index (χ3n) is 1.07. The Morgan fingerprint density at radius 1 is 1.30 bits per heavy atom. The average Bonchev–Trinajstić information content (AvgIpc) is 1.88. The third-order valence-corrected chi connectivity index (χ3v) is 2.01. The Kier molecular flexibility index (Phi) is 1.82. The topological polar surface area (TPSA) is 37.3 Å². The molecule has 0 aliphatic heterocycles. The number of halogens is 1. The van der Waals surface area contributed by atoms with Crippen LogP contribution in [0.1, 0.15) is 0 Å². The molecular formula is C6H7FO2S. The zero-order valence-corrected chi connectivity index (χ0v) is 5.96. The van der Waals surface area contributed by atoms with Crippen LogP contribution >= 0.6 is 0 Å². The Bertz CT molecular complexity index is 254. The number of hydrogen-bond donors (Lipinski definition) is 2. The number of rotatable bonds is 1. The lowest BCUT2D eigenvalue weighted by Crippen LogP contribution is -2.00. The van der Waals surface area contributed by atoms with Crippen molar-refractivity contribution >= 4 is 10.6 Å². The van der Waals surface area contributed by atoms with Gasteiger partial charge in [0.1, 0.15) is 0 Å². The van der Waals surface area contributed by atoms with Crippen molar-refractivity contribution in [3.8, 4) is 0 Å². The number of benzene rings is 1. The van der Waals surface area contributed by atoms with Crippen LogP contribution in [0, 0.1) is 0 Å². The highest BCUT2D eigenvalue weighted by Crippen LogP contribution is 2.15. The maximum Gasteiger partial charge on any atom is 0.0813 e. The van der Waals surface area contributed by atoms with Gasteiger partial charge >= 0.3 is 0 Å². The Balaban J connectivity index is 3.09. The number of thiol groups is 1. The van der Waals surface area contributed by atoms with Gasteiger partial charge in [-0.3, -0.25) is 4.55 Å². The molecule has 0 radical (unpaired) electrons. The van der Waals surface area contributed by atoms with Crippen molar-refractivity contribution in [1.29, 1.82) is 0 Å². The summed E-state index contributed by atoms with van der Waals surface area (Å²) in [6, 6.07) is 7.23. The van der Waals surface area contributed by atoms with E-state index in [1.54, 1.807) is 6.07 Å². The second-order valence-corrected chi connectivity index (χ2v) is 3.36. The van der Waals surface area contributed by atoms with Crippen molar-refractivity contribution in [2.24, 2.45) is 0 Å². The van der Waals surface area contributed by atoms with Gasteiger partial charge in [-0.2, -0.15) is 4.21 Å². The van der Waals surface area contributed by atoms with Gasteiger partial charge in [0.25, 0.3) is 0 Å². The summed E-state index contributed by atoms with van der Waals surface area (Å²) in [5, 5.41) is 0. The van der Waals surface area contributed by atoms with Crippen LogP contribution in [0.15, 0.2) is 35.2 Å². The highest BCUT2D eigenvalue weighted by atomic mass is 32.3. The van der Waals surface area contributed by atoms with Crippen LogP contribution in [-0.2, 0) is 10.6 Å². The van der Waals surface area contributed by atoms with Crippen molar-refractivity contribution < 1.29 is 12.6 Å². The van der Waals surface area contributed by atoms with E-state index in [0.717, 1.165) is 0 Å². The van der Waals surface area contributed by atoms with E-state index in [2.05, 4.69) is 0 Å². The van der Waals surface area contributed by atoms with E-state index in [0.29, 0.717) is 0 Å². The highest BCUT2D eigenvalue weighted by Gasteiger charge is 2.02. The van der Waals surface area contributed by atoms with Gasteiger partial charge in [0.15, 0.2) is 0 Å². The quantitative estimate of drug-likeness (QED) is 0.484. The molecule has 2 nitrogen and oxygen atoms in total. The summed E-state index contributed by atoms with van der Waals surface area (Å²) in [7, 11) is -4.52. The predicted octanol–water partition coefficient (Wildman–Crippen LogP) is 1.42. The summed E-state index contributed by atoms with van der Waals surface area (Å²) < 4.78 is 30.9. The minimum absolute atomic E-state index is 0.157. The minimum Gasteiger partial charge on any atom is -0.277 e. The number of hydrogen-bond acceptors (Lipinski definition) is 1. The van der Waals surface area contributed by atoms with Crippen LogP contribution in [0.5, 0.6) is 0 Å². The summed E-state index contributed by atoms with van der Waals surface area (Å²) in [6.45, 7) is 0. The molecular weight excluding hydrogens is 155 g/mol. The molecule has 0 aromatic heterocycles. The zero-order chi connectivity index (χ0) is 7.61. The molecule has 0 saturated heterocycles. The van der Waals surface area contributed by atoms with Crippen LogP contribution in [0.25, 0.3) is 0 Å². The smallest absolute Gasteiger partial charge is 0.0813 e. The van der Waals surface area contributed by atoms with Crippen molar-refractivity contribution in [2.75, 3.05) is 0 Å². The van der Waals surface area contributed by atoms with Crippen LogP contribution in [-0.4, -0.2) is 8.76 Å². The van der Waals surface area contributed by atoms with Crippen LogP contribution in [0.3, 0.4) is 0 Å². The summed E-state index contributed by atoms with van der Waals surface area (Å²) in [5.41, 5.74) is 0. The predicted molar refractivity (Wildman–Crippen MR) is 38.0 cm³/mol. The zero-order valence-electron chi connectivity index (χ0n) is 5.07. The first-order valence-corrected chi connectivity index (χ1v) is 4.24. The molecule has 0 spiro atoms. The molecule has 1 aromatic carbocycles. The molecule has 0 atom stereocenters. The third kappa shape index (κ3) is 1.62. The van der Waals surface area contributed by atoms with Gasteiger partial charge in [0.05, 0.1) is 4.90 Å². The summed E-state index contributed by atoms with van der Waals surface area (Å²) >= 11 is 0. The van der Waals surface area contributed by atoms with E-state index in [1.165, 1.54) is 24.3 Å². The fourth-order valence-electron chi connectivity index (χ4n) is 0.612. The molecule has 1 aromatic rings. The van der Waals surface area contributed by atoms with Crippen molar-refractivity contribution in [1.82, 2.24) is 0 Å². The summed E-state index contributed by atoms with van der Waals surface area (Å²) in [6.07, 6.45) is 0. The Morgan fingerprint density at radius 2 is 1.80 bits per heavy atom. The van der Waals surface area contributed by atoms with Crippen LogP contribution in [0.4, 0.5) is 3.89 Å². The van der Waals surface area contributed by atoms with Gasteiger partial charge in [0.2, 0.25) is 0 Å². The van der Waals surface area contributed by atoms with Crippen molar-refractivity contribution in [3.05, 3.63) is 30.3 Å². The molecule has 10 heavy (non-hydrogen) atoms. The van der Waals surface area contributed by atoms with Crippen molar-refractivity contribution in [3.63, 3.8) is 0 Å². The lowest BCUT2D eigenvalue weighted by Gasteiger charge is -2.10. The molecule has 0 aliphatic rings. The standard InChI is InChI=1S/C6H7FO2S/c7-10(8,9)6-4-2-1-3-5-6/h1-5,10H,(H,8,9). The van der Waals surface area contributed by atoms with Crippen LogP contribution < -0.4 is 0 Å². The minimum atomic E-state index is -4.52. The maximum atomic E-state index is 12.2. The SMILES string of the molecule is O=[SH](O)(F)c1ccccc1. The summed E-state index contributed by atoms with van der Waals surface area (Å²) in [5.74, 6) is 0. The fraction of sp³-hybridized carbons (Fsp3) is 0. The van der Waals surface area contributed by atoms with Gasteiger partial charge in [-0.05, 0) is 22.7 Å². The highest BCUT2D eigenvalue weighted by molar-refractivity contribution is 7.92. The Labute approximate surface area is 59.2 Å². The monoisotopic (exact) mass is 162 g/mol. The Hall–Kier alpha value is -0.740. The normalized spacial score (nSPS) is 13.0. The van der Waals surface area contributed by atoms with Gasteiger partial charge in [-0.15, -0.1) is 0 Å². The molecule has 1 rings (SSSR count). The lowest BCUT2D eigenvalue weighted by molar-refractivity contribution is 0.488. The molecule has 4 heteroatoms. The molecule has 0 bridgehead atoms. The summed E-state index contributed by atoms with van der Waals surface area (Å²) in [4.78, 5) is -0.157. The van der Waals surface area contributed by atoms with E-state index in [4.69, 9.17) is 4.55 Å². The van der Waals surface area contributed by atoms with E-state index in [-0.39, 0.29) is 4.90 Å². The molecule has 0 fully saturated rings. The largest absolute Gasteiger partial charge is 0.277 e. The first-order chi connectivity index (χ1) is 4.61. The van der Waals surface area contributed by atoms with E-state index in [9.17, 15) is 8.09 Å². The first kappa shape index (κ1) is 7.37. The molecule has 0 amide bonds. The maximum absolute atomic E-state index is 12.2. The van der Waals surface area contributed by atoms with E-state index < -0.39 is 10.6 Å². The fourth-order valence-corrected chi connectivity index (χ4v) is 1.15. The van der Waals surface area contributed by atoms with Crippen molar-refractivity contribution in [2.45, 2.75) is 4.90 Å². The molecule has 0 aliphatic carbocycles. The average molecular weight is 162 g/mol. The van der Waals surface area contributed by atoms with Gasteiger partial charge in [0, 0.05) is 0 Å². The van der Waals surface area contributed by atoms with E-state index in [1.807, 2.05) is 0 Å². The van der Waals surface area contributed by atoms with Crippen LogP contribution in [0.2, 0.25) is 0 Å². The van der Waals surface area contributed by atoms with E-state index >= 15 is 0 Å². The van der Waals surface area contributed by atoms with Gasteiger partial charge in [-0.1, -0.05) is 22.1 Å². The molecule has 0 heterocycles. The molecule has 0 saturated carbocycles.